The Balaban J connectivity index is 1.71. The summed E-state index contributed by atoms with van der Waals surface area (Å²) >= 11 is 0. The number of esters is 1. The molecule has 0 saturated heterocycles. The lowest BCUT2D eigenvalue weighted by Gasteiger charge is -2.09. The molecule has 0 N–H and O–H groups in total. The van der Waals surface area contributed by atoms with E-state index >= 15 is 0 Å². The number of carbonyl (C=O) groups is 1. The zero-order valence-corrected chi connectivity index (χ0v) is 23.7. The van der Waals surface area contributed by atoms with Crippen LogP contribution in [0.3, 0.4) is 0 Å². The standard InChI is InChI=1S/C26H44O12S/c1-2-6-26(27)37-23-21-35-19-17-33-15-13-31-11-9-30-10-12-32-14-16-34-18-20-36-22-24-38-39(28,29)25-7-4-3-5-8-25/h3-5,7-8H,2,6,9-24H2,1H3. The maximum atomic E-state index is 11.9. The molecule has 0 amide bonds. The van der Waals surface area contributed by atoms with Gasteiger partial charge in [-0.15, -0.1) is 0 Å². The molecule has 12 nitrogen and oxygen atoms in total. The summed E-state index contributed by atoms with van der Waals surface area (Å²) in [6.07, 6.45) is 1.21. The van der Waals surface area contributed by atoms with E-state index < -0.39 is 10.1 Å². The van der Waals surface area contributed by atoms with Crippen molar-refractivity contribution in [3.63, 3.8) is 0 Å². The molecule has 0 atom stereocenters. The number of benzene rings is 1. The molecule has 39 heavy (non-hydrogen) atoms. The van der Waals surface area contributed by atoms with Crippen molar-refractivity contribution in [2.45, 2.75) is 24.7 Å². The van der Waals surface area contributed by atoms with Crippen molar-refractivity contribution >= 4 is 16.1 Å². The summed E-state index contributed by atoms with van der Waals surface area (Å²) in [6, 6.07) is 7.96. The fourth-order valence-corrected chi connectivity index (χ4v) is 3.68. The first-order valence-corrected chi connectivity index (χ1v) is 14.6. The van der Waals surface area contributed by atoms with Crippen LogP contribution in [0.25, 0.3) is 0 Å². The first kappa shape index (κ1) is 35.3. The van der Waals surface area contributed by atoms with Crippen LogP contribution in [-0.2, 0) is 57.0 Å². The van der Waals surface area contributed by atoms with Gasteiger partial charge in [0.25, 0.3) is 10.1 Å². The van der Waals surface area contributed by atoms with E-state index in [2.05, 4.69) is 0 Å². The van der Waals surface area contributed by atoms with Crippen LogP contribution < -0.4 is 0 Å². The molecule has 0 spiro atoms. The predicted octanol–water partition coefficient (Wildman–Crippen LogP) is 1.85. The van der Waals surface area contributed by atoms with E-state index in [9.17, 15) is 13.2 Å². The van der Waals surface area contributed by atoms with Crippen molar-refractivity contribution in [1.29, 1.82) is 0 Å². The molecule has 1 aromatic rings. The zero-order valence-electron chi connectivity index (χ0n) is 22.9. The molecule has 0 saturated carbocycles. The van der Waals surface area contributed by atoms with Crippen molar-refractivity contribution < 1.29 is 55.3 Å². The molecule has 0 radical (unpaired) electrons. The van der Waals surface area contributed by atoms with Gasteiger partial charge < -0.3 is 37.9 Å². The lowest BCUT2D eigenvalue weighted by atomic mass is 10.3. The van der Waals surface area contributed by atoms with E-state index in [-0.39, 0.29) is 30.7 Å². The number of carbonyl (C=O) groups excluding carboxylic acids is 1. The number of rotatable bonds is 28. The fourth-order valence-electron chi connectivity index (χ4n) is 2.77. The minimum absolute atomic E-state index is 0.0596. The largest absolute Gasteiger partial charge is 0.463 e. The third kappa shape index (κ3) is 21.8. The monoisotopic (exact) mass is 580 g/mol. The van der Waals surface area contributed by atoms with Crippen LogP contribution in [0.15, 0.2) is 35.2 Å². The third-order valence-electron chi connectivity index (χ3n) is 4.67. The van der Waals surface area contributed by atoms with Gasteiger partial charge in [0.05, 0.1) is 104 Å². The summed E-state index contributed by atoms with van der Waals surface area (Å²) in [7, 11) is -3.75. The SMILES string of the molecule is CCCC(=O)OCCOCCOCCOCCOCCOCCOCCOCCOS(=O)(=O)c1ccccc1. The van der Waals surface area contributed by atoms with Gasteiger partial charge in [-0.3, -0.25) is 8.98 Å². The molecule has 0 aliphatic rings. The molecule has 0 heterocycles. The normalized spacial score (nSPS) is 11.6. The Morgan fingerprint density at radius 2 is 0.923 bits per heavy atom. The minimum atomic E-state index is -3.75. The summed E-state index contributed by atoms with van der Waals surface area (Å²) in [4.78, 5) is 11.3. The van der Waals surface area contributed by atoms with Gasteiger partial charge in [0, 0.05) is 6.42 Å². The Labute approximate surface area is 232 Å². The lowest BCUT2D eigenvalue weighted by molar-refractivity contribution is -0.145. The molecule has 226 valence electrons. The summed E-state index contributed by atoms with van der Waals surface area (Å²) in [5, 5.41) is 0. The summed E-state index contributed by atoms with van der Waals surface area (Å²) in [5.74, 6) is -0.197. The fraction of sp³-hybridized carbons (Fsp3) is 0.731. The molecular weight excluding hydrogens is 536 g/mol. The highest BCUT2D eigenvalue weighted by atomic mass is 32.2. The second-order valence-electron chi connectivity index (χ2n) is 7.85. The first-order valence-electron chi connectivity index (χ1n) is 13.2. The van der Waals surface area contributed by atoms with Crippen LogP contribution in [0.1, 0.15) is 19.8 Å². The second kappa shape index (κ2) is 25.3. The van der Waals surface area contributed by atoms with Gasteiger partial charge in [-0.1, -0.05) is 25.1 Å². The highest BCUT2D eigenvalue weighted by Gasteiger charge is 2.13. The third-order valence-corrected chi connectivity index (χ3v) is 6.00. The average molecular weight is 581 g/mol. The molecular formula is C26H44O12S. The summed E-state index contributed by atoms with van der Waals surface area (Å²) < 4.78 is 71.4. The van der Waals surface area contributed by atoms with Crippen molar-refractivity contribution in [2.75, 3.05) is 106 Å². The first-order chi connectivity index (χ1) is 19.1. The Bertz CT molecular complexity index is 791. The van der Waals surface area contributed by atoms with Crippen LogP contribution >= 0.6 is 0 Å². The molecule has 0 fully saturated rings. The Kier molecular flexibility index (Phi) is 22.9. The molecule has 0 bridgehead atoms. The second-order valence-corrected chi connectivity index (χ2v) is 9.46. The predicted molar refractivity (Wildman–Crippen MR) is 141 cm³/mol. The summed E-state index contributed by atoms with van der Waals surface area (Å²) in [5.41, 5.74) is 0. The Morgan fingerprint density at radius 1 is 0.564 bits per heavy atom. The average Bonchev–Trinajstić information content (AvgIpc) is 2.93. The molecule has 0 unspecified atom stereocenters. The van der Waals surface area contributed by atoms with E-state index in [1.54, 1.807) is 18.2 Å². The van der Waals surface area contributed by atoms with Gasteiger partial charge in [0.1, 0.15) is 6.61 Å². The van der Waals surface area contributed by atoms with Gasteiger partial charge in [0.2, 0.25) is 0 Å². The van der Waals surface area contributed by atoms with Crippen LogP contribution in [0.2, 0.25) is 0 Å². The quantitative estimate of drug-likeness (QED) is 0.0813. The number of hydrogen-bond acceptors (Lipinski definition) is 12. The maximum absolute atomic E-state index is 11.9. The molecule has 0 aliphatic carbocycles. The van der Waals surface area contributed by atoms with Crippen LogP contribution in [-0.4, -0.2) is 120 Å². The van der Waals surface area contributed by atoms with Gasteiger partial charge in [0.15, 0.2) is 0 Å². The van der Waals surface area contributed by atoms with Gasteiger partial charge in [-0.25, -0.2) is 0 Å². The molecule has 0 aromatic heterocycles. The maximum Gasteiger partial charge on any atom is 0.305 e. The van der Waals surface area contributed by atoms with Crippen molar-refractivity contribution in [3.05, 3.63) is 30.3 Å². The van der Waals surface area contributed by atoms with Gasteiger partial charge in [-0.05, 0) is 18.6 Å². The number of hydrogen-bond donors (Lipinski definition) is 0. The van der Waals surface area contributed by atoms with Crippen LogP contribution in [0.5, 0.6) is 0 Å². The topological polar surface area (TPSA) is 134 Å². The van der Waals surface area contributed by atoms with Crippen LogP contribution in [0, 0.1) is 0 Å². The van der Waals surface area contributed by atoms with Crippen molar-refractivity contribution in [1.82, 2.24) is 0 Å². The van der Waals surface area contributed by atoms with E-state index in [1.165, 1.54) is 12.1 Å². The van der Waals surface area contributed by atoms with E-state index in [0.717, 1.165) is 6.42 Å². The molecule has 0 aliphatic heterocycles. The van der Waals surface area contributed by atoms with E-state index in [4.69, 9.17) is 42.1 Å². The molecule has 13 heteroatoms. The highest BCUT2D eigenvalue weighted by molar-refractivity contribution is 7.86. The van der Waals surface area contributed by atoms with Gasteiger partial charge in [-0.2, -0.15) is 8.42 Å². The van der Waals surface area contributed by atoms with Gasteiger partial charge >= 0.3 is 5.97 Å². The lowest BCUT2D eigenvalue weighted by Crippen LogP contribution is -2.15. The highest BCUT2D eigenvalue weighted by Crippen LogP contribution is 2.10. The van der Waals surface area contributed by atoms with E-state index in [1.807, 2.05) is 6.92 Å². The van der Waals surface area contributed by atoms with Crippen molar-refractivity contribution in [2.24, 2.45) is 0 Å². The zero-order chi connectivity index (χ0) is 28.3. The number of ether oxygens (including phenoxy) is 8. The van der Waals surface area contributed by atoms with Crippen molar-refractivity contribution in [3.8, 4) is 0 Å². The van der Waals surface area contributed by atoms with E-state index in [0.29, 0.717) is 92.3 Å². The van der Waals surface area contributed by atoms with Crippen LogP contribution in [0.4, 0.5) is 0 Å². The smallest absolute Gasteiger partial charge is 0.305 e. The Morgan fingerprint density at radius 3 is 1.31 bits per heavy atom. The Hall–Kier alpha value is -1.68. The molecule has 1 rings (SSSR count). The minimum Gasteiger partial charge on any atom is -0.463 e. The molecule has 1 aromatic carbocycles. The summed E-state index contributed by atoms with van der Waals surface area (Å²) in [6.45, 7) is 7.86.